The summed E-state index contributed by atoms with van der Waals surface area (Å²) < 4.78 is 15.4. The lowest BCUT2D eigenvalue weighted by Gasteiger charge is -2.37. The Morgan fingerprint density at radius 3 is 2.65 bits per heavy atom. The molecule has 0 aromatic heterocycles. The van der Waals surface area contributed by atoms with Crippen molar-refractivity contribution in [2.75, 3.05) is 6.54 Å². The molecule has 37 heavy (non-hydrogen) atoms. The van der Waals surface area contributed by atoms with Crippen LogP contribution in [0.5, 0.6) is 0 Å². The van der Waals surface area contributed by atoms with Crippen LogP contribution < -0.4 is 5.43 Å². The highest BCUT2D eigenvalue weighted by Crippen LogP contribution is 2.48. The molecule has 3 heterocycles. The van der Waals surface area contributed by atoms with Crippen LogP contribution in [0.2, 0.25) is 0 Å². The fraction of sp³-hybridized carbons (Fsp3) is 0.483. The van der Waals surface area contributed by atoms with Crippen molar-refractivity contribution in [2.24, 2.45) is 10.9 Å². The SMILES string of the molecule is CCC1=CC(C(=O)N2CCCCC[C@H]2C)=NC2=CC(c3ccc([C@@H]4C[C@@H]4C(=O)O)cc3F)=C(CC)NN12. The molecule has 1 aromatic carbocycles. The van der Waals surface area contributed by atoms with E-state index in [1.165, 1.54) is 6.07 Å². The third kappa shape index (κ3) is 4.81. The number of nitrogens with zero attached hydrogens (tertiary/aromatic N) is 3. The third-order valence-electron chi connectivity index (χ3n) is 7.97. The van der Waals surface area contributed by atoms with Crippen LogP contribution in [0.3, 0.4) is 0 Å². The van der Waals surface area contributed by atoms with Gasteiger partial charge in [0.15, 0.2) is 5.82 Å². The quantitative estimate of drug-likeness (QED) is 0.544. The van der Waals surface area contributed by atoms with Gasteiger partial charge in [-0.2, -0.15) is 0 Å². The van der Waals surface area contributed by atoms with Gasteiger partial charge in [0, 0.05) is 35.1 Å². The summed E-state index contributed by atoms with van der Waals surface area (Å²) in [5.41, 5.74) is 7.46. The van der Waals surface area contributed by atoms with Crippen LogP contribution in [0.1, 0.15) is 82.8 Å². The lowest BCUT2D eigenvalue weighted by Crippen LogP contribution is -2.45. The van der Waals surface area contributed by atoms with Gasteiger partial charge in [0.05, 0.1) is 5.92 Å². The van der Waals surface area contributed by atoms with Crippen LogP contribution >= 0.6 is 0 Å². The molecule has 0 bridgehead atoms. The molecule has 2 fully saturated rings. The molecule has 5 rings (SSSR count). The molecule has 4 aliphatic rings. The summed E-state index contributed by atoms with van der Waals surface area (Å²) in [4.78, 5) is 31.5. The molecule has 1 saturated carbocycles. The average molecular weight is 507 g/mol. The van der Waals surface area contributed by atoms with Crippen LogP contribution in [0.4, 0.5) is 4.39 Å². The summed E-state index contributed by atoms with van der Waals surface area (Å²) in [5.74, 6) is -1.27. The van der Waals surface area contributed by atoms with E-state index in [4.69, 9.17) is 4.99 Å². The molecule has 7 nitrogen and oxygen atoms in total. The maximum Gasteiger partial charge on any atom is 0.307 e. The number of likely N-dealkylation sites (tertiary alicyclic amines) is 1. The van der Waals surface area contributed by atoms with Crippen molar-refractivity contribution >= 4 is 23.2 Å². The first-order valence-electron chi connectivity index (χ1n) is 13.5. The van der Waals surface area contributed by atoms with Gasteiger partial charge in [0.25, 0.3) is 5.91 Å². The lowest BCUT2D eigenvalue weighted by molar-refractivity contribution is -0.138. The molecule has 1 aliphatic carbocycles. The molecule has 0 spiro atoms. The number of nitrogens with one attached hydrogen (secondary N) is 1. The number of carboxylic acid groups (broad SMARTS) is 1. The van der Waals surface area contributed by atoms with Gasteiger partial charge in [-0.05, 0) is 68.7 Å². The van der Waals surface area contributed by atoms with Crippen LogP contribution in [0, 0.1) is 11.7 Å². The van der Waals surface area contributed by atoms with Crippen LogP contribution in [-0.4, -0.2) is 45.2 Å². The van der Waals surface area contributed by atoms with Gasteiger partial charge >= 0.3 is 5.97 Å². The molecule has 3 aliphatic heterocycles. The minimum Gasteiger partial charge on any atom is -0.481 e. The first-order valence-corrected chi connectivity index (χ1v) is 13.5. The molecule has 1 saturated heterocycles. The summed E-state index contributed by atoms with van der Waals surface area (Å²) in [6.07, 6.45) is 9.88. The van der Waals surface area contributed by atoms with E-state index in [2.05, 4.69) is 12.3 Å². The number of halogens is 1. The monoisotopic (exact) mass is 506 g/mol. The highest BCUT2D eigenvalue weighted by molar-refractivity contribution is 6.43. The average Bonchev–Trinajstić information content (AvgIpc) is 3.72. The van der Waals surface area contributed by atoms with Gasteiger partial charge in [0.1, 0.15) is 11.5 Å². The van der Waals surface area contributed by atoms with Crippen molar-refractivity contribution in [3.8, 4) is 0 Å². The van der Waals surface area contributed by atoms with E-state index in [1.807, 2.05) is 42.0 Å². The third-order valence-corrected chi connectivity index (χ3v) is 7.97. The van der Waals surface area contributed by atoms with Crippen molar-refractivity contribution in [3.63, 3.8) is 0 Å². The molecule has 8 heteroatoms. The van der Waals surface area contributed by atoms with Crippen molar-refractivity contribution in [3.05, 3.63) is 64.5 Å². The smallest absolute Gasteiger partial charge is 0.307 e. The highest BCUT2D eigenvalue weighted by atomic mass is 19.1. The normalized spacial score (nSPS) is 25.4. The van der Waals surface area contributed by atoms with Crippen LogP contribution in [-0.2, 0) is 9.59 Å². The fourth-order valence-corrected chi connectivity index (χ4v) is 5.63. The van der Waals surface area contributed by atoms with Crippen molar-refractivity contribution in [1.29, 1.82) is 0 Å². The van der Waals surface area contributed by atoms with Gasteiger partial charge in [-0.25, -0.2) is 14.4 Å². The first-order chi connectivity index (χ1) is 17.8. The Morgan fingerprint density at radius 1 is 1.16 bits per heavy atom. The van der Waals surface area contributed by atoms with E-state index in [-0.39, 0.29) is 23.7 Å². The molecule has 2 N–H and O–H groups in total. The predicted molar refractivity (Wildman–Crippen MR) is 141 cm³/mol. The summed E-state index contributed by atoms with van der Waals surface area (Å²) in [7, 11) is 0. The number of aliphatic carboxylic acids is 1. The van der Waals surface area contributed by atoms with Crippen LogP contribution in [0.25, 0.3) is 5.57 Å². The number of benzene rings is 1. The molecule has 0 unspecified atom stereocenters. The fourth-order valence-electron chi connectivity index (χ4n) is 5.63. The number of carbonyl (C=O) groups excluding carboxylic acids is 1. The largest absolute Gasteiger partial charge is 0.481 e. The summed E-state index contributed by atoms with van der Waals surface area (Å²) in [6.45, 7) is 6.89. The second-order valence-corrected chi connectivity index (χ2v) is 10.4. The van der Waals surface area contributed by atoms with E-state index in [0.29, 0.717) is 41.9 Å². The number of allylic oxidation sites excluding steroid dienone is 4. The summed E-state index contributed by atoms with van der Waals surface area (Å²) in [5, 5.41) is 11.1. The Morgan fingerprint density at radius 2 is 1.97 bits per heavy atom. The molecule has 0 radical (unpaired) electrons. The Hall–Kier alpha value is -3.42. The Bertz CT molecular complexity index is 1250. The van der Waals surface area contributed by atoms with E-state index in [9.17, 15) is 14.7 Å². The minimum atomic E-state index is -0.832. The van der Waals surface area contributed by atoms with Gasteiger partial charge in [-0.1, -0.05) is 38.8 Å². The maximum atomic E-state index is 15.4. The molecule has 1 amide bonds. The number of fused-ring (bicyclic) bond motifs is 1. The van der Waals surface area contributed by atoms with Gasteiger partial charge in [0.2, 0.25) is 0 Å². The van der Waals surface area contributed by atoms with Crippen molar-refractivity contribution in [1.82, 2.24) is 15.3 Å². The number of hydrogen-bond acceptors (Lipinski definition) is 5. The molecule has 1 aromatic rings. The van der Waals surface area contributed by atoms with Gasteiger partial charge in [-0.15, -0.1) is 0 Å². The second kappa shape index (κ2) is 10.1. The Labute approximate surface area is 217 Å². The van der Waals surface area contributed by atoms with E-state index in [0.717, 1.165) is 49.2 Å². The number of hydrazine groups is 1. The topological polar surface area (TPSA) is 85.2 Å². The number of carboxylic acids is 1. The van der Waals surface area contributed by atoms with E-state index < -0.39 is 11.9 Å². The zero-order valence-electron chi connectivity index (χ0n) is 21.8. The highest BCUT2D eigenvalue weighted by Gasteiger charge is 2.44. The number of hydrogen-bond donors (Lipinski definition) is 2. The summed E-state index contributed by atoms with van der Waals surface area (Å²) in [6, 6.07) is 5.20. The van der Waals surface area contributed by atoms with Gasteiger partial charge < -0.3 is 10.0 Å². The van der Waals surface area contributed by atoms with Gasteiger partial charge in [-0.3, -0.25) is 15.0 Å². The number of amides is 1. The maximum absolute atomic E-state index is 15.4. The predicted octanol–water partition coefficient (Wildman–Crippen LogP) is 5.34. The zero-order chi connectivity index (χ0) is 26.3. The zero-order valence-corrected chi connectivity index (χ0v) is 21.8. The van der Waals surface area contributed by atoms with Crippen molar-refractivity contribution < 1.29 is 19.1 Å². The first kappa shape index (κ1) is 25.2. The minimum absolute atomic E-state index is 0.0549. The second-order valence-electron chi connectivity index (χ2n) is 10.4. The van der Waals surface area contributed by atoms with Crippen molar-refractivity contribution in [2.45, 2.75) is 77.7 Å². The van der Waals surface area contributed by atoms with Crippen LogP contribution in [0.15, 0.2) is 52.6 Å². The lowest BCUT2D eigenvalue weighted by atomic mass is 9.97. The summed E-state index contributed by atoms with van der Waals surface area (Å²) >= 11 is 0. The molecule has 3 atom stereocenters. The standard InChI is InChI=1S/C29H35FN4O3/c1-4-19-14-26(28(35)33-12-8-6-7-9-17(33)3)31-27-16-22(25(5-2)32-34(19)27)20-11-10-18(13-24(20)30)21-15-23(21)29(36)37/h10-11,13-14,16-17,21,23,32H,4-9,12,15H2,1-3H3,(H,36,37)/t17-,21+,23+/m1/s1. The van der Waals surface area contributed by atoms with E-state index >= 15 is 4.39 Å². The number of aliphatic imine (C=N–C) groups is 1. The Balaban J connectivity index is 1.48. The van der Waals surface area contributed by atoms with E-state index in [1.54, 1.807) is 6.07 Å². The Kier molecular flexibility index (Phi) is 6.92. The number of carbonyl (C=O) groups is 2. The molecular formula is C29H35FN4O3. The molecule has 196 valence electrons. The number of rotatable bonds is 6. The molecular weight excluding hydrogens is 471 g/mol.